The molecule has 1 aliphatic heterocycles. The van der Waals surface area contributed by atoms with Crippen molar-refractivity contribution in [2.24, 2.45) is 17.8 Å². The summed E-state index contributed by atoms with van der Waals surface area (Å²) in [4.78, 5) is 25.8. The molecule has 1 saturated carbocycles. The van der Waals surface area contributed by atoms with Gasteiger partial charge in [0, 0.05) is 18.6 Å². The van der Waals surface area contributed by atoms with E-state index in [-0.39, 0.29) is 29.2 Å². The monoisotopic (exact) mass is 252 g/mol. The van der Waals surface area contributed by atoms with Gasteiger partial charge in [0.1, 0.15) is 0 Å². The molecule has 2 aliphatic rings. The van der Waals surface area contributed by atoms with Crippen LogP contribution >= 0.6 is 0 Å². The second kappa shape index (κ2) is 4.65. The maximum Gasteiger partial charge on any atom is 0.233 e. The average molecular weight is 252 g/mol. The van der Waals surface area contributed by atoms with Gasteiger partial charge in [-0.2, -0.15) is 0 Å². The maximum absolute atomic E-state index is 12.2. The molecule has 2 atom stereocenters. The summed E-state index contributed by atoms with van der Waals surface area (Å²) in [6.07, 6.45) is 1.77. The standard InChI is InChI=1S/C14H24N2O2/c1-9-7-10-11(8-9)13(18)16(12(10)17)6-5-15-14(2,3)4/h9-11,15H,5-8H2,1-4H3. The van der Waals surface area contributed by atoms with Gasteiger partial charge in [0.15, 0.2) is 0 Å². The fraction of sp³-hybridized carbons (Fsp3) is 0.857. The van der Waals surface area contributed by atoms with Crippen LogP contribution in [0.3, 0.4) is 0 Å². The van der Waals surface area contributed by atoms with Crippen LogP contribution in [0.2, 0.25) is 0 Å². The Kier molecular flexibility index (Phi) is 3.49. The molecule has 1 saturated heterocycles. The number of hydrogen-bond acceptors (Lipinski definition) is 3. The lowest BCUT2D eigenvalue weighted by Gasteiger charge is -2.23. The van der Waals surface area contributed by atoms with Crippen LogP contribution in [-0.2, 0) is 9.59 Å². The highest BCUT2D eigenvalue weighted by atomic mass is 16.2. The van der Waals surface area contributed by atoms with E-state index >= 15 is 0 Å². The first kappa shape index (κ1) is 13.5. The molecular weight excluding hydrogens is 228 g/mol. The number of imide groups is 1. The lowest BCUT2D eigenvalue weighted by Crippen LogP contribution is -2.43. The highest BCUT2D eigenvalue weighted by Gasteiger charge is 2.51. The Hall–Kier alpha value is -0.900. The highest BCUT2D eigenvalue weighted by molar-refractivity contribution is 6.05. The van der Waals surface area contributed by atoms with Crippen LogP contribution in [0.5, 0.6) is 0 Å². The van der Waals surface area contributed by atoms with Crippen molar-refractivity contribution in [3.05, 3.63) is 0 Å². The van der Waals surface area contributed by atoms with Gasteiger partial charge in [0.25, 0.3) is 0 Å². The van der Waals surface area contributed by atoms with Crippen LogP contribution in [0.4, 0.5) is 0 Å². The van der Waals surface area contributed by atoms with Crippen molar-refractivity contribution >= 4 is 11.8 Å². The normalized spacial score (nSPS) is 32.2. The van der Waals surface area contributed by atoms with E-state index in [1.54, 1.807) is 0 Å². The van der Waals surface area contributed by atoms with Gasteiger partial charge in [0.2, 0.25) is 11.8 Å². The van der Waals surface area contributed by atoms with Gasteiger partial charge in [-0.05, 0) is 39.5 Å². The molecule has 102 valence electrons. The zero-order chi connectivity index (χ0) is 13.5. The molecule has 4 heteroatoms. The summed E-state index contributed by atoms with van der Waals surface area (Å²) in [5.41, 5.74) is 0.0240. The Balaban J connectivity index is 1.92. The van der Waals surface area contributed by atoms with Crippen LogP contribution in [0.1, 0.15) is 40.5 Å². The number of nitrogens with zero attached hydrogens (tertiary/aromatic N) is 1. The van der Waals surface area contributed by atoms with Gasteiger partial charge in [-0.25, -0.2) is 0 Å². The quantitative estimate of drug-likeness (QED) is 0.773. The largest absolute Gasteiger partial charge is 0.310 e. The van der Waals surface area contributed by atoms with Gasteiger partial charge in [-0.3, -0.25) is 14.5 Å². The molecular formula is C14H24N2O2. The molecule has 0 radical (unpaired) electrons. The lowest BCUT2D eigenvalue weighted by atomic mass is 10.00. The lowest BCUT2D eigenvalue weighted by molar-refractivity contribution is -0.140. The number of hydrogen-bond donors (Lipinski definition) is 1. The minimum atomic E-state index is -0.0258. The Bertz CT molecular complexity index is 335. The summed E-state index contributed by atoms with van der Waals surface area (Å²) in [7, 11) is 0. The van der Waals surface area contributed by atoms with E-state index in [2.05, 4.69) is 33.0 Å². The fourth-order valence-electron chi connectivity index (χ4n) is 3.11. The van der Waals surface area contributed by atoms with E-state index in [9.17, 15) is 9.59 Å². The first-order valence-electron chi connectivity index (χ1n) is 6.90. The number of fused-ring (bicyclic) bond motifs is 1. The molecule has 1 heterocycles. The third-order valence-corrected chi connectivity index (χ3v) is 3.96. The van der Waals surface area contributed by atoms with Crippen molar-refractivity contribution in [2.45, 2.75) is 46.1 Å². The number of carbonyl (C=O) groups is 2. The predicted molar refractivity (Wildman–Crippen MR) is 69.9 cm³/mol. The third-order valence-electron chi connectivity index (χ3n) is 3.96. The van der Waals surface area contributed by atoms with E-state index in [4.69, 9.17) is 0 Å². The molecule has 1 aliphatic carbocycles. The van der Waals surface area contributed by atoms with Crippen molar-refractivity contribution in [2.75, 3.05) is 13.1 Å². The van der Waals surface area contributed by atoms with Crippen LogP contribution in [0.15, 0.2) is 0 Å². The summed E-state index contributed by atoms with van der Waals surface area (Å²) in [5.74, 6) is 0.585. The first-order chi connectivity index (χ1) is 8.29. The van der Waals surface area contributed by atoms with Crippen molar-refractivity contribution in [3.63, 3.8) is 0 Å². The molecule has 2 fully saturated rings. The molecule has 0 spiro atoms. The molecule has 18 heavy (non-hydrogen) atoms. The Morgan fingerprint density at radius 3 is 2.11 bits per heavy atom. The maximum atomic E-state index is 12.2. The molecule has 2 unspecified atom stereocenters. The zero-order valence-corrected chi connectivity index (χ0v) is 11.8. The van der Waals surface area contributed by atoms with Crippen LogP contribution in [-0.4, -0.2) is 35.3 Å². The number of nitrogens with one attached hydrogen (secondary N) is 1. The fourth-order valence-corrected chi connectivity index (χ4v) is 3.11. The minimum absolute atomic E-state index is 0.0240. The minimum Gasteiger partial charge on any atom is -0.310 e. The van der Waals surface area contributed by atoms with Gasteiger partial charge in [0.05, 0.1) is 11.8 Å². The second-order valence-corrected chi connectivity index (χ2v) is 6.79. The average Bonchev–Trinajstić information content (AvgIpc) is 2.71. The number of likely N-dealkylation sites (tertiary alicyclic amines) is 1. The van der Waals surface area contributed by atoms with E-state index in [0.29, 0.717) is 19.0 Å². The van der Waals surface area contributed by atoms with Crippen LogP contribution in [0, 0.1) is 17.8 Å². The smallest absolute Gasteiger partial charge is 0.233 e. The molecule has 4 nitrogen and oxygen atoms in total. The van der Waals surface area contributed by atoms with E-state index < -0.39 is 0 Å². The highest BCUT2D eigenvalue weighted by Crippen LogP contribution is 2.42. The van der Waals surface area contributed by atoms with Crippen molar-refractivity contribution in [1.82, 2.24) is 10.2 Å². The van der Waals surface area contributed by atoms with Gasteiger partial charge in [-0.15, -0.1) is 0 Å². The second-order valence-electron chi connectivity index (χ2n) is 6.79. The summed E-state index contributed by atoms with van der Waals surface area (Å²) in [6, 6.07) is 0. The van der Waals surface area contributed by atoms with E-state index in [1.165, 1.54) is 4.90 Å². The molecule has 0 bridgehead atoms. The SMILES string of the molecule is CC1CC2C(=O)N(CCNC(C)(C)C)C(=O)C2C1. The Labute approximate surface area is 109 Å². The van der Waals surface area contributed by atoms with Crippen molar-refractivity contribution in [3.8, 4) is 0 Å². The molecule has 2 amide bonds. The molecule has 0 aromatic rings. The van der Waals surface area contributed by atoms with Crippen LogP contribution < -0.4 is 5.32 Å². The molecule has 2 rings (SSSR count). The molecule has 0 aromatic heterocycles. The number of amides is 2. The predicted octanol–water partition coefficient (Wildman–Crippen LogP) is 1.41. The van der Waals surface area contributed by atoms with Gasteiger partial charge >= 0.3 is 0 Å². The molecule has 1 N–H and O–H groups in total. The Morgan fingerprint density at radius 1 is 1.17 bits per heavy atom. The van der Waals surface area contributed by atoms with Crippen LogP contribution in [0.25, 0.3) is 0 Å². The van der Waals surface area contributed by atoms with Crippen molar-refractivity contribution < 1.29 is 9.59 Å². The third kappa shape index (κ3) is 2.58. The zero-order valence-electron chi connectivity index (χ0n) is 11.8. The van der Waals surface area contributed by atoms with Gasteiger partial charge in [-0.1, -0.05) is 6.92 Å². The summed E-state index contributed by atoms with van der Waals surface area (Å²) >= 11 is 0. The topological polar surface area (TPSA) is 49.4 Å². The van der Waals surface area contributed by atoms with E-state index in [0.717, 1.165) is 12.8 Å². The summed E-state index contributed by atoms with van der Waals surface area (Å²) < 4.78 is 0. The number of rotatable bonds is 3. The Morgan fingerprint density at radius 2 is 1.67 bits per heavy atom. The molecule has 0 aromatic carbocycles. The summed E-state index contributed by atoms with van der Waals surface area (Å²) in [5, 5.41) is 3.32. The van der Waals surface area contributed by atoms with Gasteiger partial charge < -0.3 is 5.32 Å². The van der Waals surface area contributed by atoms with Crippen molar-refractivity contribution in [1.29, 1.82) is 0 Å². The first-order valence-corrected chi connectivity index (χ1v) is 6.90. The summed E-state index contributed by atoms with van der Waals surface area (Å²) in [6.45, 7) is 9.56. The van der Waals surface area contributed by atoms with E-state index in [1.807, 2.05) is 0 Å². The number of carbonyl (C=O) groups excluding carboxylic acids is 2.